The number of nitrogens with one attached hydrogen (secondary N) is 1. The van der Waals surface area contributed by atoms with Crippen molar-refractivity contribution in [2.75, 3.05) is 20.1 Å². The van der Waals surface area contributed by atoms with Gasteiger partial charge in [-0.2, -0.15) is 0 Å². The Bertz CT molecular complexity index is 465. The van der Waals surface area contributed by atoms with Crippen LogP contribution in [0.15, 0.2) is 23.1 Å². The molecule has 0 radical (unpaired) electrons. The second kappa shape index (κ2) is 6.39. The number of thiol groups is 1. The van der Waals surface area contributed by atoms with Crippen LogP contribution in [-0.2, 0) is 4.79 Å². The molecule has 1 rings (SSSR count). The summed E-state index contributed by atoms with van der Waals surface area (Å²) in [4.78, 5) is 25.1. The minimum Gasteiger partial charge on any atom is -0.345 e. The Morgan fingerprint density at radius 1 is 1.44 bits per heavy atom. The van der Waals surface area contributed by atoms with E-state index in [4.69, 9.17) is 0 Å². The maximum Gasteiger partial charge on any atom is 0.254 e. The zero-order chi connectivity index (χ0) is 13.7. The fraction of sp³-hybridized carbons (Fsp3) is 0.333. The molecule has 0 atom stereocenters. The van der Waals surface area contributed by atoms with Crippen molar-refractivity contribution in [3.8, 4) is 0 Å². The monoisotopic (exact) mass is 270 g/mol. The van der Waals surface area contributed by atoms with Gasteiger partial charge in [0.25, 0.3) is 5.91 Å². The zero-order valence-corrected chi connectivity index (χ0v) is 11.1. The summed E-state index contributed by atoms with van der Waals surface area (Å²) in [5, 5.41) is 2.38. The Labute approximate surface area is 111 Å². The van der Waals surface area contributed by atoms with Gasteiger partial charge in [-0.3, -0.25) is 9.59 Å². The standard InChI is InChI=1S/C12H15FN2O2S/c1-3-15(2)11(16)7-14-12(17)9-6-8(18)4-5-10(9)13/h4-6,18H,3,7H2,1-2H3,(H,14,17). The Hall–Kier alpha value is -1.56. The number of benzene rings is 1. The highest BCUT2D eigenvalue weighted by atomic mass is 32.1. The fourth-order valence-corrected chi connectivity index (χ4v) is 1.45. The van der Waals surface area contributed by atoms with Gasteiger partial charge >= 0.3 is 0 Å². The number of halogens is 1. The van der Waals surface area contributed by atoms with E-state index in [1.54, 1.807) is 7.05 Å². The third-order valence-corrected chi connectivity index (χ3v) is 2.77. The van der Waals surface area contributed by atoms with Gasteiger partial charge in [0.2, 0.25) is 5.91 Å². The molecular formula is C12H15FN2O2S. The van der Waals surface area contributed by atoms with Crippen LogP contribution in [-0.4, -0.2) is 36.9 Å². The Morgan fingerprint density at radius 3 is 2.72 bits per heavy atom. The van der Waals surface area contributed by atoms with E-state index in [1.807, 2.05) is 6.92 Å². The molecule has 2 amide bonds. The largest absolute Gasteiger partial charge is 0.345 e. The van der Waals surface area contributed by atoms with Crippen LogP contribution in [0.1, 0.15) is 17.3 Å². The van der Waals surface area contributed by atoms with Gasteiger partial charge in [0.05, 0.1) is 12.1 Å². The minimum atomic E-state index is -0.637. The molecule has 0 bridgehead atoms. The lowest BCUT2D eigenvalue weighted by Crippen LogP contribution is -2.38. The third-order valence-electron chi connectivity index (χ3n) is 2.49. The first kappa shape index (κ1) is 14.5. The number of carbonyl (C=O) groups excluding carboxylic acids is 2. The highest BCUT2D eigenvalue weighted by Gasteiger charge is 2.14. The van der Waals surface area contributed by atoms with Crippen molar-refractivity contribution < 1.29 is 14.0 Å². The summed E-state index contributed by atoms with van der Waals surface area (Å²) in [5.74, 6) is -1.49. The van der Waals surface area contributed by atoms with Gasteiger partial charge in [0.1, 0.15) is 5.82 Å². The van der Waals surface area contributed by atoms with Gasteiger partial charge in [0.15, 0.2) is 0 Å². The highest BCUT2D eigenvalue weighted by Crippen LogP contribution is 2.13. The van der Waals surface area contributed by atoms with Crippen LogP contribution in [0, 0.1) is 5.82 Å². The lowest BCUT2D eigenvalue weighted by molar-refractivity contribution is -0.128. The molecule has 0 unspecified atom stereocenters. The van der Waals surface area contributed by atoms with Crippen LogP contribution in [0.5, 0.6) is 0 Å². The Balaban J connectivity index is 2.66. The smallest absolute Gasteiger partial charge is 0.254 e. The molecule has 18 heavy (non-hydrogen) atoms. The van der Waals surface area contributed by atoms with Crippen molar-refractivity contribution in [1.82, 2.24) is 10.2 Å². The Kier molecular flexibility index (Phi) is 5.15. The summed E-state index contributed by atoms with van der Waals surface area (Å²) in [7, 11) is 1.63. The molecule has 1 N–H and O–H groups in total. The lowest BCUT2D eigenvalue weighted by atomic mass is 10.2. The molecule has 0 fully saturated rings. The number of rotatable bonds is 4. The van der Waals surface area contributed by atoms with E-state index in [1.165, 1.54) is 17.0 Å². The third kappa shape index (κ3) is 3.73. The van der Waals surface area contributed by atoms with Crippen molar-refractivity contribution in [1.29, 1.82) is 0 Å². The summed E-state index contributed by atoms with van der Waals surface area (Å²) in [5.41, 5.74) is -0.116. The molecular weight excluding hydrogens is 255 g/mol. The first-order chi connectivity index (χ1) is 8.45. The number of likely N-dealkylation sites (N-methyl/N-ethyl adjacent to an activating group) is 1. The van der Waals surface area contributed by atoms with Crippen LogP contribution >= 0.6 is 12.6 Å². The first-order valence-electron chi connectivity index (χ1n) is 5.46. The number of carbonyl (C=O) groups is 2. The first-order valence-corrected chi connectivity index (χ1v) is 5.91. The predicted molar refractivity (Wildman–Crippen MR) is 69.3 cm³/mol. The summed E-state index contributed by atoms with van der Waals surface area (Å²) in [6, 6.07) is 3.93. The predicted octanol–water partition coefficient (Wildman–Crippen LogP) is 1.32. The van der Waals surface area contributed by atoms with Gasteiger partial charge in [-0.15, -0.1) is 12.6 Å². The van der Waals surface area contributed by atoms with Crippen LogP contribution in [0.25, 0.3) is 0 Å². The molecule has 1 aromatic rings. The molecule has 0 saturated heterocycles. The summed E-state index contributed by atoms with van der Waals surface area (Å²) in [6.45, 7) is 2.22. The van der Waals surface area contributed by atoms with Crippen molar-refractivity contribution in [2.24, 2.45) is 0 Å². The molecule has 0 aliphatic heterocycles. The van der Waals surface area contributed by atoms with Crippen molar-refractivity contribution in [3.63, 3.8) is 0 Å². The molecule has 0 saturated carbocycles. The van der Waals surface area contributed by atoms with E-state index >= 15 is 0 Å². The van der Waals surface area contributed by atoms with Crippen molar-refractivity contribution in [2.45, 2.75) is 11.8 Å². The average molecular weight is 270 g/mol. The van der Waals surface area contributed by atoms with Gasteiger partial charge in [0, 0.05) is 18.5 Å². The van der Waals surface area contributed by atoms with E-state index in [2.05, 4.69) is 17.9 Å². The molecule has 1 aromatic carbocycles. The van der Waals surface area contributed by atoms with E-state index in [-0.39, 0.29) is 18.0 Å². The topological polar surface area (TPSA) is 49.4 Å². The van der Waals surface area contributed by atoms with Crippen LogP contribution in [0.3, 0.4) is 0 Å². The molecule has 98 valence electrons. The van der Waals surface area contributed by atoms with Gasteiger partial charge in [-0.05, 0) is 25.1 Å². The number of amides is 2. The molecule has 6 heteroatoms. The average Bonchev–Trinajstić information content (AvgIpc) is 2.37. The maximum absolute atomic E-state index is 13.4. The normalized spacial score (nSPS) is 10.0. The summed E-state index contributed by atoms with van der Waals surface area (Å²) < 4.78 is 13.4. The van der Waals surface area contributed by atoms with Gasteiger partial charge < -0.3 is 10.2 Å². The van der Waals surface area contributed by atoms with Gasteiger partial charge in [-0.1, -0.05) is 0 Å². The summed E-state index contributed by atoms with van der Waals surface area (Å²) in [6.07, 6.45) is 0. The highest BCUT2D eigenvalue weighted by molar-refractivity contribution is 7.80. The van der Waals surface area contributed by atoms with E-state index < -0.39 is 11.7 Å². The minimum absolute atomic E-state index is 0.116. The van der Waals surface area contributed by atoms with E-state index in [0.29, 0.717) is 11.4 Å². The zero-order valence-electron chi connectivity index (χ0n) is 10.2. The number of nitrogens with zero attached hydrogens (tertiary/aromatic N) is 1. The quantitative estimate of drug-likeness (QED) is 0.811. The molecule has 0 heterocycles. The fourth-order valence-electron chi connectivity index (χ4n) is 1.25. The number of hydrogen-bond donors (Lipinski definition) is 2. The van der Waals surface area contributed by atoms with Gasteiger partial charge in [-0.25, -0.2) is 4.39 Å². The molecule has 0 aromatic heterocycles. The van der Waals surface area contributed by atoms with Crippen LogP contribution in [0.2, 0.25) is 0 Å². The lowest BCUT2D eigenvalue weighted by Gasteiger charge is -2.14. The molecule has 0 aliphatic carbocycles. The van der Waals surface area contributed by atoms with Crippen molar-refractivity contribution in [3.05, 3.63) is 29.6 Å². The van der Waals surface area contributed by atoms with E-state index in [9.17, 15) is 14.0 Å². The number of hydrogen-bond acceptors (Lipinski definition) is 3. The maximum atomic E-state index is 13.4. The second-order valence-electron chi connectivity index (χ2n) is 3.75. The molecule has 0 spiro atoms. The second-order valence-corrected chi connectivity index (χ2v) is 4.27. The molecule has 4 nitrogen and oxygen atoms in total. The van der Waals surface area contributed by atoms with Crippen LogP contribution in [0.4, 0.5) is 4.39 Å². The van der Waals surface area contributed by atoms with E-state index in [0.717, 1.165) is 6.07 Å². The van der Waals surface area contributed by atoms with Crippen molar-refractivity contribution >= 4 is 24.4 Å². The van der Waals surface area contributed by atoms with Crippen LogP contribution < -0.4 is 5.32 Å². The summed E-state index contributed by atoms with van der Waals surface area (Å²) >= 11 is 4.03. The Morgan fingerprint density at radius 2 is 2.11 bits per heavy atom. The SMILES string of the molecule is CCN(C)C(=O)CNC(=O)c1cc(S)ccc1F. The molecule has 0 aliphatic rings.